The molecule has 0 aromatic heterocycles. The van der Waals surface area contributed by atoms with Crippen LogP contribution in [0.3, 0.4) is 0 Å². The molecule has 2 fully saturated rings. The molecule has 0 amide bonds. The molecular weight excluding hydrogens is 186 g/mol. The quantitative estimate of drug-likeness (QED) is 0.705. The van der Waals surface area contributed by atoms with E-state index in [1.807, 2.05) is 0 Å². The minimum Gasteiger partial charge on any atom is -0.312 e. The molecule has 2 aliphatic heterocycles. The lowest BCUT2D eigenvalue weighted by Gasteiger charge is -2.51. The van der Waals surface area contributed by atoms with Gasteiger partial charge in [0.15, 0.2) is 0 Å². The summed E-state index contributed by atoms with van der Waals surface area (Å²) >= 11 is 0. The molecule has 2 heterocycles. The van der Waals surface area contributed by atoms with Crippen molar-refractivity contribution in [2.24, 2.45) is 5.41 Å². The Kier molecular flexibility index (Phi) is 2.52. The SMILES string of the molecule is CC1(C#N)CN(C2CCNC(C)(C)C2)C1. The van der Waals surface area contributed by atoms with Gasteiger partial charge in [0.2, 0.25) is 0 Å². The Morgan fingerprint density at radius 3 is 2.53 bits per heavy atom. The van der Waals surface area contributed by atoms with Crippen LogP contribution in [0.1, 0.15) is 33.6 Å². The lowest BCUT2D eigenvalue weighted by molar-refractivity contribution is -0.00642. The van der Waals surface area contributed by atoms with Crippen molar-refractivity contribution in [3.8, 4) is 6.07 Å². The van der Waals surface area contributed by atoms with Gasteiger partial charge in [-0.1, -0.05) is 0 Å². The lowest BCUT2D eigenvalue weighted by atomic mass is 9.79. The van der Waals surface area contributed by atoms with E-state index < -0.39 is 0 Å². The smallest absolute Gasteiger partial charge is 0.0799 e. The van der Waals surface area contributed by atoms with E-state index in [1.165, 1.54) is 12.8 Å². The maximum Gasteiger partial charge on any atom is 0.0799 e. The van der Waals surface area contributed by atoms with Crippen molar-refractivity contribution in [3.05, 3.63) is 0 Å². The predicted octanol–water partition coefficient (Wildman–Crippen LogP) is 1.36. The Morgan fingerprint density at radius 1 is 1.33 bits per heavy atom. The highest BCUT2D eigenvalue weighted by atomic mass is 15.2. The van der Waals surface area contributed by atoms with Crippen molar-refractivity contribution in [1.29, 1.82) is 5.26 Å². The number of rotatable bonds is 1. The van der Waals surface area contributed by atoms with E-state index in [4.69, 9.17) is 5.26 Å². The van der Waals surface area contributed by atoms with Crippen molar-refractivity contribution < 1.29 is 0 Å². The molecule has 3 nitrogen and oxygen atoms in total. The molecular formula is C12H21N3. The van der Waals surface area contributed by atoms with Gasteiger partial charge >= 0.3 is 0 Å². The molecule has 1 atom stereocenters. The Balaban J connectivity index is 1.90. The van der Waals surface area contributed by atoms with E-state index in [1.54, 1.807) is 0 Å². The first kappa shape index (κ1) is 10.9. The second-order valence-electron chi connectivity index (χ2n) is 6.03. The number of piperidine rings is 1. The van der Waals surface area contributed by atoms with Gasteiger partial charge in [0.1, 0.15) is 0 Å². The average Bonchev–Trinajstić information content (AvgIpc) is 2.11. The summed E-state index contributed by atoms with van der Waals surface area (Å²) in [7, 11) is 0. The minimum atomic E-state index is -0.0744. The summed E-state index contributed by atoms with van der Waals surface area (Å²) in [5.41, 5.74) is 0.191. The Labute approximate surface area is 92.4 Å². The van der Waals surface area contributed by atoms with E-state index in [-0.39, 0.29) is 11.0 Å². The Morgan fingerprint density at radius 2 is 2.00 bits per heavy atom. The maximum atomic E-state index is 8.98. The number of likely N-dealkylation sites (tertiary alicyclic amines) is 1. The molecule has 15 heavy (non-hydrogen) atoms. The van der Waals surface area contributed by atoms with E-state index in [0.29, 0.717) is 6.04 Å². The third kappa shape index (κ3) is 2.16. The molecule has 0 aromatic carbocycles. The second-order valence-corrected chi connectivity index (χ2v) is 6.03. The average molecular weight is 207 g/mol. The molecule has 2 aliphatic rings. The van der Waals surface area contributed by atoms with Crippen molar-refractivity contribution in [1.82, 2.24) is 10.2 Å². The predicted molar refractivity (Wildman–Crippen MR) is 60.4 cm³/mol. The third-order valence-electron chi connectivity index (χ3n) is 3.72. The highest BCUT2D eigenvalue weighted by Crippen LogP contribution is 2.34. The molecule has 3 heteroatoms. The third-order valence-corrected chi connectivity index (χ3v) is 3.72. The van der Waals surface area contributed by atoms with Gasteiger partial charge in [-0.2, -0.15) is 5.26 Å². The second kappa shape index (κ2) is 3.47. The van der Waals surface area contributed by atoms with Gasteiger partial charge in [-0.15, -0.1) is 0 Å². The van der Waals surface area contributed by atoms with Crippen molar-refractivity contribution >= 4 is 0 Å². The summed E-state index contributed by atoms with van der Waals surface area (Å²) < 4.78 is 0. The Bertz CT molecular complexity index is 284. The van der Waals surface area contributed by atoms with Gasteiger partial charge in [0.05, 0.1) is 11.5 Å². The molecule has 2 rings (SSSR count). The molecule has 1 N–H and O–H groups in total. The van der Waals surface area contributed by atoms with Gasteiger partial charge in [-0.25, -0.2) is 0 Å². The van der Waals surface area contributed by atoms with E-state index >= 15 is 0 Å². The zero-order valence-corrected chi connectivity index (χ0v) is 10.0. The largest absolute Gasteiger partial charge is 0.312 e. The van der Waals surface area contributed by atoms with Gasteiger partial charge in [0, 0.05) is 24.7 Å². The lowest BCUT2D eigenvalue weighted by Crippen LogP contribution is -2.62. The van der Waals surface area contributed by atoms with Crippen LogP contribution in [0, 0.1) is 16.7 Å². The van der Waals surface area contributed by atoms with E-state index in [9.17, 15) is 0 Å². The molecule has 0 bridgehead atoms. The van der Waals surface area contributed by atoms with E-state index in [0.717, 1.165) is 19.6 Å². The number of hydrogen-bond donors (Lipinski definition) is 1. The molecule has 0 spiro atoms. The zero-order valence-electron chi connectivity index (χ0n) is 10.0. The highest BCUT2D eigenvalue weighted by molar-refractivity contribution is 5.09. The van der Waals surface area contributed by atoms with Crippen LogP contribution >= 0.6 is 0 Å². The molecule has 0 aliphatic carbocycles. The topological polar surface area (TPSA) is 39.1 Å². The van der Waals surface area contributed by atoms with Crippen LogP contribution in [-0.4, -0.2) is 36.1 Å². The van der Waals surface area contributed by atoms with Gasteiger partial charge < -0.3 is 5.32 Å². The summed E-state index contributed by atoms with van der Waals surface area (Å²) in [4.78, 5) is 2.48. The molecule has 0 saturated carbocycles. The van der Waals surface area contributed by atoms with E-state index in [2.05, 4.69) is 37.1 Å². The standard InChI is InChI=1S/C12H21N3/c1-11(2)6-10(4-5-14-11)15-8-12(3,7-13)9-15/h10,14H,4-6,8-9H2,1-3H3. The zero-order chi connectivity index (χ0) is 11.1. The van der Waals surface area contributed by atoms with Crippen LogP contribution in [0.2, 0.25) is 0 Å². The summed E-state index contributed by atoms with van der Waals surface area (Å²) in [5.74, 6) is 0. The van der Waals surface area contributed by atoms with Crippen molar-refractivity contribution in [2.45, 2.75) is 45.2 Å². The van der Waals surface area contributed by atoms with Crippen LogP contribution < -0.4 is 5.32 Å². The summed E-state index contributed by atoms with van der Waals surface area (Å²) in [6.07, 6.45) is 2.43. The monoisotopic (exact) mass is 207 g/mol. The fraction of sp³-hybridized carbons (Fsp3) is 0.917. The van der Waals surface area contributed by atoms with Crippen molar-refractivity contribution in [2.75, 3.05) is 19.6 Å². The number of nitriles is 1. The first-order chi connectivity index (χ1) is 6.94. The number of nitrogens with zero attached hydrogens (tertiary/aromatic N) is 2. The molecule has 2 saturated heterocycles. The van der Waals surface area contributed by atoms with Crippen LogP contribution in [0.5, 0.6) is 0 Å². The van der Waals surface area contributed by atoms with Crippen LogP contribution in [-0.2, 0) is 0 Å². The van der Waals surface area contributed by atoms with Gasteiger partial charge in [-0.05, 0) is 40.2 Å². The summed E-state index contributed by atoms with van der Waals surface area (Å²) in [6.45, 7) is 9.63. The molecule has 0 aromatic rings. The van der Waals surface area contributed by atoms with Crippen LogP contribution in [0.15, 0.2) is 0 Å². The Hall–Kier alpha value is -0.590. The fourth-order valence-corrected chi connectivity index (χ4v) is 2.83. The molecule has 1 unspecified atom stereocenters. The normalized spacial score (nSPS) is 34.1. The number of nitrogens with one attached hydrogen (secondary N) is 1. The molecule has 0 radical (unpaired) electrons. The van der Waals surface area contributed by atoms with Gasteiger partial charge in [0.25, 0.3) is 0 Å². The first-order valence-corrected chi connectivity index (χ1v) is 5.84. The first-order valence-electron chi connectivity index (χ1n) is 5.84. The summed E-state index contributed by atoms with van der Waals surface area (Å²) in [6, 6.07) is 3.09. The fourth-order valence-electron chi connectivity index (χ4n) is 2.83. The van der Waals surface area contributed by atoms with Crippen molar-refractivity contribution in [3.63, 3.8) is 0 Å². The summed E-state index contributed by atoms with van der Waals surface area (Å²) in [5, 5.41) is 12.5. The van der Waals surface area contributed by atoms with Crippen LogP contribution in [0.25, 0.3) is 0 Å². The maximum absolute atomic E-state index is 8.98. The minimum absolute atomic E-state index is 0.0744. The molecule has 84 valence electrons. The van der Waals surface area contributed by atoms with Gasteiger partial charge in [-0.3, -0.25) is 4.90 Å². The van der Waals surface area contributed by atoms with Crippen LogP contribution in [0.4, 0.5) is 0 Å². The number of hydrogen-bond acceptors (Lipinski definition) is 3. The highest BCUT2D eigenvalue weighted by Gasteiger charge is 2.44.